The number of hydrogen-bond donors (Lipinski definition) is 3. The normalized spacial score (nSPS) is 10.0. The van der Waals surface area contributed by atoms with Crippen molar-refractivity contribution >= 4 is 23.4 Å². The first-order chi connectivity index (χ1) is 9.97. The minimum Gasteiger partial charge on any atom is -0.478 e. The third-order valence-corrected chi connectivity index (χ3v) is 2.58. The van der Waals surface area contributed by atoms with E-state index in [9.17, 15) is 18.4 Å². The van der Waals surface area contributed by atoms with E-state index in [0.29, 0.717) is 0 Å². The van der Waals surface area contributed by atoms with Crippen LogP contribution in [0.4, 0.5) is 25.0 Å². The second kappa shape index (κ2) is 6.00. The number of para-hydroxylation sites is 1. The number of carbonyl (C=O) groups excluding carboxylic acids is 1. The number of hydrogen-bond acceptors (Lipinski definition) is 2. The van der Waals surface area contributed by atoms with Gasteiger partial charge in [0.1, 0.15) is 11.6 Å². The summed E-state index contributed by atoms with van der Waals surface area (Å²) in [5.74, 6) is -2.68. The predicted molar refractivity (Wildman–Crippen MR) is 72.4 cm³/mol. The largest absolute Gasteiger partial charge is 0.478 e. The van der Waals surface area contributed by atoms with Gasteiger partial charge in [-0.15, -0.1) is 0 Å². The molecule has 0 heterocycles. The van der Waals surface area contributed by atoms with E-state index in [0.717, 1.165) is 24.3 Å². The van der Waals surface area contributed by atoms with Gasteiger partial charge >= 0.3 is 12.0 Å². The molecule has 7 heteroatoms. The van der Waals surface area contributed by atoms with E-state index in [2.05, 4.69) is 10.6 Å². The summed E-state index contributed by atoms with van der Waals surface area (Å²) >= 11 is 0. The second-order valence-electron chi connectivity index (χ2n) is 4.05. The highest BCUT2D eigenvalue weighted by molar-refractivity contribution is 6.04. The molecule has 0 aromatic heterocycles. The SMILES string of the molecule is O=C(Nc1ccccc1F)Nc1cc(F)ccc1C(=O)O. The first kappa shape index (κ1) is 14.4. The summed E-state index contributed by atoms with van der Waals surface area (Å²) in [5.41, 5.74) is -0.584. The van der Waals surface area contributed by atoms with E-state index in [1.54, 1.807) is 0 Å². The van der Waals surface area contributed by atoms with E-state index >= 15 is 0 Å². The molecule has 0 spiro atoms. The summed E-state index contributed by atoms with van der Waals surface area (Å²) in [6.07, 6.45) is 0. The van der Waals surface area contributed by atoms with Crippen molar-refractivity contribution in [1.82, 2.24) is 0 Å². The molecule has 0 aliphatic carbocycles. The maximum absolute atomic E-state index is 13.4. The fraction of sp³-hybridized carbons (Fsp3) is 0. The van der Waals surface area contributed by atoms with Crippen molar-refractivity contribution in [2.45, 2.75) is 0 Å². The summed E-state index contributed by atoms with van der Waals surface area (Å²) in [7, 11) is 0. The van der Waals surface area contributed by atoms with Gasteiger partial charge in [-0.05, 0) is 30.3 Å². The Labute approximate surface area is 118 Å². The van der Waals surface area contributed by atoms with Crippen LogP contribution in [0.3, 0.4) is 0 Å². The lowest BCUT2D eigenvalue weighted by molar-refractivity contribution is 0.0698. The first-order valence-corrected chi connectivity index (χ1v) is 5.83. The molecule has 0 bridgehead atoms. The number of carboxylic acid groups (broad SMARTS) is 1. The number of benzene rings is 2. The zero-order chi connectivity index (χ0) is 15.4. The van der Waals surface area contributed by atoms with E-state index in [1.807, 2.05) is 0 Å². The minimum absolute atomic E-state index is 0.0803. The molecule has 0 radical (unpaired) electrons. The average Bonchev–Trinajstić information content (AvgIpc) is 2.41. The molecule has 0 unspecified atom stereocenters. The highest BCUT2D eigenvalue weighted by atomic mass is 19.1. The van der Waals surface area contributed by atoms with Gasteiger partial charge in [0, 0.05) is 0 Å². The Morgan fingerprint density at radius 3 is 2.29 bits per heavy atom. The molecule has 2 rings (SSSR count). The van der Waals surface area contributed by atoms with Gasteiger partial charge in [0.2, 0.25) is 0 Å². The maximum Gasteiger partial charge on any atom is 0.337 e. The number of urea groups is 1. The van der Waals surface area contributed by atoms with Crippen LogP contribution in [0.25, 0.3) is 0 Å². The quantitative estimate of drug-likeness (QED) is 0.812. The average molecular weight is 292 g/mol. The number of rotatable bonds is 3. The smallest absolute Gasteiger partial charge is 0.337 e. The topological polar surface area (TPSA) is 78.4 Å². The molecule has 0 aliphatic rings. The molecular formula is C14H10F2N2O3. The van der Waals surface area contributed by atoms with Crippen LogP contribution in [0.5, 0.6) is 0 Å². The van der Waals surface area contributed by atoms with Gasteiger partial charge in [-0.1, -0.05) is 12.1 Å². The predicted octanol–water partition coefficient (Wildman–Crippen LogP) is 3.31. The van der Waals surface area contributed by atoms with E-state index in [4.69, 9.17) is 5.11 Å². The van der Waals surface area contributed by atoms with Crippen molar-refractivity contribution in [2.75, 3.05) is 10.6 Å². The number of amides is 2. The molecule has 0 saturated heterocycles. The molecule has 2 aromatic rings. The van der Waals surface area contributed by atoms with Crippen LogP contribution in [0.1, 0.15) is 10.4 Å². The Bertz CT molecular complexity index is 704. The van der Waals surface area contributed by atoms with Crippen LogP contribution in [0, 0.1) is 11.6 Å². The van der Waals surface area contributed by atoms with Crippen LogP contribution in [0.2, 0.25) is 0 Å². The molecule has 0 aliphatic heterocycles. The Hall–Kier alpha value is -2.96. The van der Waals surface area contributed by atoms with Crippen LogP contribution in [0.15, 0.2) is 42.5 Å². The van der Waals surface area contributed by atoms with Gasteiger partial charge in [0.25, 0.3) is 0 Å². The molecule has 0 atom stereocenters. The fourth-order valence-corrected chi connectivity index (χ4v) is 1.64. The summed E-state index contributed by atoms with van der Waals surface area (Å²) in [6, 6.07) is 7.42. The second-order valence-corrected chi connectivity index (χ2v) is 4.05. The first-order valence-electron chi connectivity index (χ1n) is 5.83. The zero-order valence-electron chi connectivity index (χ0n) is 10.6. The van der Waals surface area contributed by atoms with Crippen LogP contribution in [-0.4, -0.2) is 17.1 Å². The molecule has 2 amide bonds. The highest BCUT2D eigenvalue weighted by Crippen LogP contribution is 2.18. The lowest BCUT2D eigenvalue weighted by Crippen LogP contribution is -2.21. The van der Waals surface area contributed by atoms with Gasteiger partial charge in [0.15, 0.2) is 0 Å². The molecule has 0 fully saturated rings. The van der Waals surface area contributed by atoms with Gasteiger partial charge in [-0.3, -0.25) is 0 Å². The fourth-order valence-electron chi connectivity index (χ4n) is 1.64. The number of aromatic carboxylic acids is 1. The van der Waals surface area contributed by atoms with Crippen molar-refractivity contribution < 1.29 is 23.5 Å². The molecule has 108 valence electrons. The Kier molecular flexibility index (Phi) is 4.13. The number of carboxylic acids is 1. The Morgan fingerprint density at radius 2 is 1.62 bits per heavy atom. The van der Waals surface area contributed by atoms with Gasteiger partial charge < -0.3 is 15.7 Å². The standard InChI is InChI=1S/C14H10F2N2O3/c15-8-5-6-9(13(19)20)12(7-8)18-14(21)17-11-4-2-1-3-10(11)16/h1-7H,(H,19,20)(H2,17,18,21). The monoisotopic (exact) mass is 292 g/mol. The van der Waals surface area contributed by atoms with Crippen LogP contribution < -0.4 is 10.6 Å². The van der Waals surface area contributed by atoms with Crippen molar-refractivity contribution in [3.05, 3.63) is 59.7 Å². The summed E-state index contributed by atoms with van der Waals surface area (Å²) < 4.78 is 26.5. The third kappa shape index (κ3) is 3.53. The highest BCUT2D eigenvalue weighted by Gasteiger charge is 2.14. The molecule has 5 nitrogen and oxygen atoms in total. The summed E-state index contributed by atoms with van der Waals surface area (Å²) in [4.78, 5) is 22.7. The Morgan fingerprint density at radius 1 is 0.952 bits per heavy atom. The summed E-state index contributed by atoms with van der Waals surface area (Å²) in [6.45, 7) is 0. The van der Waals surface area contributed by atoms with Crippen molar-refractivity contribution in [1.29, 1.82) is 0 Å². The lowest BCUT2D eigenvalue weighted by Gasteiger charge is -2.10. The molecule has 3 N–H and O–H groups in total. The maximum atomic E-state index is 13.4. The van der Waals surface area contributed by atoms with Crippen LogP contribution in [-0.2, 0) is 0 Å². The third-order valence-electron chi connectivity index (χ3n) is 2.58. The zero-order valence-corrected chi connectivity index (χ0v) is 10.6. The van der Waals surface area contributed by atoms with Gasteiger partial charge in [0.05, 0.1) is 16.9 Å². The van der Waals surface area contributed by atoms with Gasteiger partial charge in [-0.25, -0.2) is 18.4 Å². The number of halogens is 2. The van der Waals surface area contributed by atoms with E-state index in [-0.39, 0.29) is 16.9 Å². The van der Waals surface area contributed by atoms with E-state index < -0.39 is 23.6 Å². The van der Waals surface area contributed by atoms with Crippen molar-refractivity contribution in [3.8, 4) is 0 Å². The van der Waals surface area contributed by atoms with Crippen molar-refractivity contribution in [2.24, 2.45) is 0 Å². The number of nitrogens with one attached hydrogen (secondary N) is 2. The number of carbonyl (C=O) groups is 2. The lowest BCUT2D eigenvalue weighted by atomic mass is 10.2. The number of anilines is 2. The minimum atomic E-state index is -1.32. The van der Waals surface area contributed by atoms with Crippen LogP contribution >= 0.6 is 0 Å². The molecule has 2 aromatic carbocycles. The Balaban J connectivity index is 2.18. The molecular weight excluding hydrogens is 282 g/mol. The molecule has 21 heavy (non-hydrogen) atoms. The molecule has 0 saturated carbocycles. The summed E-state index contributed by atoms with van der Waals surface area (Å²) in [5, 5.41) is 13.3. The van der Waals surface area contributed by atoms with E-state index in [1.165, 1.54) is 18.2 Å². The van der Waals surface area contributed by atoms with Gasteiger partial charge in [-0.2, -0.15) is 0 Å². The van der Waals surface area contributed by atoms with Crippen molar-refractivity contribution in [3.63, 3.8) is 0 Å².